The summed E-state index contributed by atoms with van der Waals surface area (Å²) in [6.45, 7) is 0.638. The lowest BCUT2D eigenvalue weighted by Gasteiger charge is -2.16. The van der Waals surface area contributed by atoms with Gasteiger partial charge in [0, 0.05) is 17.1 Å². The van der Waals surface area contributed by atoms with Crippen LogP contribution in [0.15, 0.2) is 107 Å². The first-order valence-corrected chi connectivity index (χ1v) is 12.8. The highest BCUT2D eigenvalue weighted by atomic mass is 35.5. The summed E-state index contributed by atoms with van der Waals surface area (Å²) in [5, 5.41) is 3.83. The first kappa shape index (κ1) is 26.0. The number of hydrogen-bond acceptors (Lipinski definition) is 4. The molecule has 1 aromatic heterocycles. The number of nitrogens with zero attached hydrogens (tertiary/aromatic N) is 2. The fourth-order valence-electron chi connectivity index (χ4n) is 4.46. The van der Waals surface area contributed by atoms with Crippen LogP contribution >= 0.6 is 11.6 Å². The first-order valence-electron chi connectivity index (χ1n) is 12.5. The third kappa shape index (κ3) is 5.63. The van der Waals surface area contributed by atoms with Crippen LogP contribution in [0.2, 0.25) is 5.02 Å². The minimum absolute atomic E-state index is 0.183. The summed E-state index contributed by atoms with van der Waals surface area (Å²) in [5.41, 5.74) is 2.10. The van der Waals surface area contributed by atoms with E-state index in [2.05, 4.69) is 5.32 Å². The highest BCUT2D eigenvalue weighted by Gasteiger charge is 2.17. The molecule has 0 saturated carbocycles. The number of benzene rings is 4. The van der Waals surface area contributed by atoms with Crippen LogP contribution in [0.25, 0.3) is 16.6 Å². The lowest BCUT2D eigenvalue weighted by atomic mass is 10.1. The number of nitrogens with one attached hydrogen (secondary N) is 1. The zero-order chi connectivity index (χ0) is 27.4. The second-order valence-electron chi connectivity index (χ2n) is 9.06. The summed E-state index contributed by atoms with van der Waals surface area (Å²) in [6, 6.07) is 28.5. The second-order valence-corrected chi connectivity index (χ2v) is 9.49. The maximum Gasteiger partial charge on any atom is 0.336 e. The normalized spacial score (nSPS) is 10.9. The van der Waals surface area contributed by atoms with Crippen molar-refractivity contribution in [3.8, 4) is 11.4 Å². The molecule has 1 N–H and O–H groups in total. The predicted octanol–water partition coefficient (Wildman–Crippen LogP) is 4.84. The van der Waals surface area contributed by atoms with Crippen molar-refractivity contribution >= 4 is 28.4 Å². The van der Waals surface area contributed by atoms with Crippen LogP contribution in [0.1, 0.15) is 21.5 Å². The van der Waals surface area contributed by atoms with Crippen molar-refractivity contribution in [1.29, 1.82) is 0 Å². The van der Waals surface area contributed by atoms with Crippen molar-refractivity contribution < 1.29 is 9.53 Å². The number of carbonyl (C=O) groups is 1. The zero-order valence-corrected chi connectivity index (χ0v) is 22.0. The average molecular weight is 540 g/mol. The van der Waals surface area contributed by atoms with Gasteiger partial charge in [-0.25, -0.2) is 9.36 Å². The van der Waals surface area contributed by atoms with Gasteiger partial charge in [0.15, 0.2) is 0 Å². The lowest BCUT2D eigenvalue weighted by molar-refractivity contribution is 0.0954. The number of rotatable bonds is 8. The van der Waals surface area contributed by atoms with Crippen LogP contribution in [0, 0.1) is 0 Å². The number of fused-ring (bicyclic) bond motifs is 1. The Labute approximate surface area is 229 Å². The Bertz CT molecular complexity index is 1740. The number of amides is 1. The van der Waals surface area contributed by atoms with E-state index in [0.29, 0.717) is 45.9 Å². The Balaban J connectivity index is 1.57. The molecule has 4 aromatic carbocycles. The van der Waals surface area contributed by atoms with Crippen LogP contribution in [0.3, 0.4) is 0 Å². The number of ether oxygens (including phenoxy) is 1. The van der Waals surface area contributed by atoms with Gasteiger partial charge < -0.3 is 10.1 Å². The number of halogens is 1. The molecule has 5 aromatic rings. The number of aromatic nitrogens is 2. The van der Waals surface area contributed by atoms with Gasteiger partial charge in [-0.15, -0.1) is 0 Å². The van der Waals surface area contributed by atoms with Gasteiger partial charge in [-0.1, -0.05) is 54.1 Å². The van der Waals surface area contributed by atoms with Crippen LogP contribution in [-0.2, 0) is 13.0 Å². The minimum atomic E-state index is -0.519. The molecular weight excluding hydrogens is 514 g/mol. The summed E-state index contributed by atoms with van der Waals surface area (Å²) in [4.78, 5) is 40.4. The van der Waals surface area contributed by atoms with E-state index in [1.54, 1.807) is 61.7 Å². The van der Waals surface area contributed by atoms with Gasteiger partial charge in [0.1, 0.15) is 5.75 Å². The molecule has 0 aliphatic heterocycles. The molecule has 0 aliphatic rings. The summed E-state index contributed by atoms with van der Waals surface area (Å²) in [5.74, 6) is 0.328. The SMILES string of the molecule is COc1ccc(-n2c(=O)c3ccc(C(=O)NCCc4ccccc4)cc3n(Cc3ccc(Cl)cc3)c2=O)cc1. The maximum atomic E-state index is 13.8. The van der Waals surface area contributed by atoms with Crippen LogP contribution in [0.5, 0.6) is 5.75 Å². The fourth-order valence-corrected chi connectivity index (χ4v) is 4.59. The van der Waals surface area contributed by atoms with Crippen molar-refractivity contribution in [3.05, 3.63) is 140 Å². The summed E-state index contributed by atoms with van der Waals surface area (Å²) >= 11 is 6.06. The molecule has 0 bridgehead atoms. The molecule has 0 saturated heterocycles. The lowest BCUT2D eigenvalue weighted by Crippen LogP contribution is -2.39. The smallest absolute Gasteiger partial charge is 0.336 e. The minimum Gasteiger partial charge on any atom is -0.497 e. The molecule has 1 amide bonds. The van der Waals surface area contributed by atoms with E-state index in [1.165, 1.54) is 4.57 Å². The molecule has 0 unspecified atom stereocenters. The van der Waals surface area contributed by atoms with Crippen LogP contribution < -0.4 is 21.3 Å². The van der Waals surface area contributed by atoms with Gasteiger partial charge in [-0.3, -0.25) is 14.2 Å². The molecule has 0 aliphatic carbocycles. The molecule has 8 heteroatoms. The Morgan fingerprint density at radius 2 is 1.59 bits per heavy atom. The fraction of sp³-hybridized carbons (Fsp3) is 0.129. The molecular formula is C31H26ClN3O4. The Morgan fingerprint density at radius 1 is 0.872 bits per heavy atom. The highest BCUT2D eigenvalue weighted by Crippen LogP contribution is 2.18. The van der Waals surface area contributed by atoms with E-state index < -0.39 is 11.2 Å². The third-order valence-electron chi connectivity index (χ3n) is 6.53. The molecule has 0 spiro atoms. The van der Waals surface area contributed by atoms with Gasteiger partial charge in [0.2, 0.25) is 0 Å². The molecule has 196 valence electrons. The van der Waals surface area contributed by atoms with E-state index >= 15 is 0 Å². The second kappa shape index (κ2) is 11.4. The molecule has 7 nitrogen and oxygen atoms in total. The van der Waals surface area contributed by atoms with E-state index in [1.807, 2.05) is 42.5 Å². The zero-order valence-electron chi connectivity index (χ0n) is 21.3. The van der Waals surface area contributed by atoms with Crippen molar-refractivity contribution in [2.45, 2.75) is 13.0 Å². The average Bonchev–Trinajstić information content (AvgIpc) is 2.97. The van der Waals surface area contributed by atoms with Crippen molar-refractivity contribution in [3.63, 3.8) is 0 Å². The van der Waals surface area contributed by atoms with E-state index in [4.69, 9.17) is 16.3 Å². The van der Waals surface area contributed by atoms with Gasteiger partial charge in [-0.05, 0) is 72.1 Å². The van der Waals surface area contributed by atoms with Crippen molar-refractivity contribution in [1.82, 2.24) is 14.5 Å². The van der Waals surface area contributed by atoms with E-state index in [9.17, 15) is 14.4 Å². The quantitative estimate of drug-likeness (QED) is 0.306. The summed E-state index contributed by atoms with van der Waals surface area (Å²) in [7, 11) is 1.55. The first-order chi connectivity index (χ1) is 18.9. The van der Waals surface area contributed by atoms with E-state index in [0.717, 1.165) is 15.7 Å². The molecule has 1 heterocycles. The Morgan fingerprint density at radius 3 is 2.28 bits per heavy atom. The highest BCUT2D eigenvalue weighted by molar-refractivity contribution is 6.30. The predicted molar refractivity (Wildman–Crippen MR) is 153 cm³/mol. The monoisotopic (exact) mass is 539 g/mol. The summed E-state index contributed by atoms with van der Waals surface area (Å²) in [6.07, 6.45) is 0.688. The Kier molecular flexibility index (Phi) is 7.61. The van der Waals surface area contributed by atoms with E-state index in [-0.39, 0.29) is 12.5 Å². The van der Waals surface area contributed by atoms with Gasteiger partial charge in [0.25, 0.3) is 11.5 Å². The summed E-state index contributed by atoms with van der Waals surface area (Å²) < 4.78 is 7.86. The number of methoxy groups -OCH3 is 1. The standard InChI is InChI=1S/C31H26ClN3O4/c1-39-26-14-12-25(13-15-26)35-30(37)27-16-9-23(29(36)33-18-17-21-5-3-2-4-6-21)19-28(27)34(31(35)38)20-22-7-10-24(32)11-8-22/h2-16,19H,17-18,20H2,1H3,(H,33,36). The molecule has 0 fully saturated rings. The van der Waals surface area contributed by atoms with Gasteiger partial charge >= 0.3 is 5.69 Å². The van der Waals surface area contributed by atoms with Gasteiger partial charge in [-0.2, -0.15) is 0 Å². The topological polar surface area (TPSA) is 82.3 Å². The molecule has 0 radical (unpaired) electrons. The molecule has 5 rings (SSSR count). The van der Waals surface area contributed by atoms with Gasteiger partial charge in [0.05, 0.1) is 30.2 Å². The number of carbonyl (C=O) groups excluding carboxylic acids is 1. The van der Waals surface area contributed by atoms with Crippen molar-refractivity contribution in [2.24, 2.45) is 0 Å². The maximum absolute atomic E-state index is 13.8. The van der Waals surface area contributed by atoms with Crippen molar-refractivity contribution in [2.75, 3.05) is 13.7 Å². The molecule has 39 heavy (non-hydrogen) atoms. The largest absolute Gasteiger partial charge is 0.497 e. The Hall–Kier alpha value is -4.62. The molecule has 0 atom stereocenters. The number of hydrogen-bond donors (Lipinski definition) is 1. The van der Waals surface area contributed by atoms with Crippen LogP contribution in [-0.4, -0.2) is 28.7 Å². The van der Waals surface area contributed by atoms with Crippen LogP contribution in [0.4, 0.5) is 0 Å². The third-order valence-corrected chi connectivity index (χ3v) is 6.79.